The van der Waals surface area contributed by atoms with Gasteiger partial charge in [-0.25, -0.2) is 9.69 Å². The van der Waals surface area contributed by atoms with E-state index in [0.29, 0.717) is 16.9 Å². The lowest BCUT2D eigenvalue weighted by atomic mass is 9.99. The van der Waals surface area contributed by atoms with Crippen LogP contribution >= 0.6 is 0 Å². The smallest absolute Gasteiger partial charge is 0.188 e. The number of aromatic nitrogens is 3. The van der Waals surface area contributed by atoms with Gasteiger partial charge in [0.15, 0.2) is 11.4 Å². The Morgan fingerprint density at radius 1 is 0.386 bits per heavy atom. The first-order valence-electron chi connectivity index (χ1n) is 18.6. The van der Waals surface area contributed by atoms with Crippen LogP contribution in [-0.2, 0) is 0 Å². The molecule has 0 bridgehead atoms. The van der Waals surface area contributed by atoms with Crippen molar-refractivity contribution in [3.05, 3.63) is 198 Å². The summed E-state index contributed by atoms with van der Waals surface area (Å²) in [6, 6.07) is 60.7. The molecule has 0 spiro atoms. The van der Waals surface area contributed by atoms with Crippen LogP contribution in [0.15, 0.2) is 170 Å². The SMILES string of the molecule is [C-]#[N+]c1ccc2c(c1)c1cc([N+]#[C-])ccc1n2-c1ccc(-c2cccc(-n3c4ccccc4c4cc(-n5c6ccccc6c6ccccc65)ccc43)c2)c(C#N)c1. The Morgan fingerprint density at radius 3 is 1.37 bits per heavy atom. The van der Waals surface area contributed by atoms with E-state index in [0.717, 1.165) is 66.4 Å². The van der Waals surface area contributed by atoms with E-state index in [4.69, 9.17) is 13.1 Å². The molecule has 0 saturated carbocycles. The molecule has 0 atom stereocenters. The minimum atomic E-state index is 0.537. The van der Waals surface area contributed by atoms with Crippen LogP contribution in [0.1, 0.15) is 5.56 Å². The average Bonchev–Trinajstić information content (AvgIpc) is 3.91. The monoisotopic (exact) mass is 724 g/mol. The lowest BCUT2D eigenvalue weighted by Gasteiger charge is -2.14. The first-order valence-corrected chi connectivity index (χ1v) is 18.6. The molecule has 3 aromatic heterocycles. The van der Waals surface area contributed by atoms with Crippen molar-refractivity contribution in [1.82, 2.24) is 13.7 Å². The van der Waals surface area contributed by atoms with E-state index in [2.05, 4.69) is 145 Å². The van der Waals surface area contributed by atoms with Crippen LogP contribution in [0.5, 0.6) is 0 Å². The number of hydrogen-bond donors (Lipinski definition) is 0. The van der Waals surface area contributed by atoms with Crippen molar-refractivity contribution < 1.29 is 0 Å². The molecule has 0 aliphatic rings. The third kappa shape index (κ3) is 4.74. The van der Waals surface area contributed by atoms with Crippen LogP contribution in [0.3, 0.4) is 0 Å². The van der Waals surface area contributed by atoms with Crippen molar-refractivity contribution in [2.45, 2.75) is 0 Å². The van der Waals surface area contributed by atoms with Gasteiger partial charge in [-0.1, -0.05) is 84.9 Å². The molecule has 0 saturated heterocycles. The molecule has 8 aromatic carbocycles. The lowest BCUT2D eigenvalue weighted by Crippen LogP contribution is -1.97. The maximum absolute atomic E-state index is 10.6. The molecule has 262 valence electrons. The molecule has 11 rings (SSSR count). The molecule has 11 aromatic rings. The molecule has 6 heteroatoms. The second-order valence-electron chi connectivity index (χ2n) is 14.3. The summed E-state index contributed by atoms with van der Waals surface area (Å²) in [6.45, 7) is 15.2. The number of benzene rings is 8. The highest BCUT2D eigenvalue weighted by Crippen LogP contribution is 2.40. The quantitative estimate of drug-likeness (QED) is 0.167. The Hall–Kier alpha value is -8.37. The molecule has 0 unspecified atom stereocenters. The molecule has 0 N–H and O–H groups in total. The van der Waals surface area contributed by atoms with Crippen molar-refractivity contribution in [2.24, 2.45) is 0 Å². The van der Waals surface area contributed by atoms with Gasteiger partial charge in [0.1, 0.15) is 0 Å². The fourth-order valence-corrected chi connectivity index (χ4v) is 8.82. The van der Waals surface area contributed by atoms with Crippen molar-refractivity contribution in [1.29, 1.82) is 5.26 Å². The Balaban J connectivity index is 1.05. The Labute approximate surface area is 327 Å². The normalized spacial score (nSPS) is 11.5. The molecule has 0 amide bonds. The van der Waals surface area contributed by atoms with Crippen LogP contribution in [0.25, 0.3) is 103 Å². The topological polar surface area (TPSA) is 47.3 Å². The van der Waals surface area contributed by atoms with Gasteiger partial charge >= 0.3 is 0 Å². The maximum Gasteiger partial charge on any atom is 0.188 e. The minimum absolute atomic E-state index is 0.537. The molecule has 0 fully saturated rings. The molecular formula is C51H28N6. The Kier molecular flexibility index (Phi) is 6.95. The van der Waals surface area contributed by atoms with E-state index in [1.165, 1.54) is 27.2 Å². The van der Waals surface area contributed by atoms with Gasteiger partial charge in [0.2, 0.25) is 0 Å². The number of nitrogens with zero attached hydrogens (tertiary/aromatic N) is 6. The molecule has 57 heavy (non-hydrogen) atoms. The van der Waals surface area contributed by atoms with Crippen LogP contribution in [0, 0.1) is 24.5 Å². The highest BCUT2D eigenvalue weighted by atomic mass is 15.0. The second kappa shape index (κ2) is 12.3. The lowest BCUT2D eigenvalue weighted by molar-refractivity contribution is 1.16. The Bertz CT molecular complexity index is 3500. The highest BCUT2D eigenvalue weighted by Gasteiger charge is 2.19. The van der Waals surface area contributed by atoms with Gasteiger partial charge in [0.05, 0.1) is 57.9 Å². The summed E-state index contributed by atoms with van der Waals surface area (Å²) in [4.78, 5) is 7.30. The first kappa shape index (κ1) is 32.1. The first-order chi connectivity index (χ1) is 28.1. The van der Waals surface area contributed by atoms with Gasteiger partial charge in [-0.3, -0.25) is 0 Å². The van der Waals surface area contributed by atoms with Crippen molar-refractivity contribution in [3.8, 4) is 34.3 Å². The van der Waals surface area contributed by atoms with E-state index in [-0.39, 0.29) is 0 Å². The molecule has 6 nitrogen and oxygen atoms in total. The number of rotatable bonds is 4. The summed E-state index contributed by atoms with van der Waals surface area (Å²) in [5.74, 6) is 0. The van der Waals surface area contributed by atoms with Crippen molar-refractivity contribution in [3.63, 3.8) is 0 Å². The summed E-state index contributed by atoms with van der Waals surface area (Å²) >= 11 is 0. The summed E-state index contributed by atoms with van der Waals surface area (Å²) in [6.07, 6.45) is 0. The summed E-state index contributed by atoms with van der Waals surface area (Å²) in [5, 5.41) is 17.2. The zero-order chi connectivity index (χ0) is 38.2. The second-order valence-corrected chi connectivity index (χ2v) is 14.3. The minimum Gasteiger partial charge on any atom is -0.309 e. The molecular weight excluding hydrogens is 697 g/mol. The third-order valence-corrected chi connectivity index (χ3v) is 11.3. The van der Waals surface area contributed by atoms with Crippen molar-refractivity contribution >= 4 is 76.8 Å². The number of para-hydroxylation sites is 3. The highest BCUT2D eigenvalue weighted by molar-refractivity contribution is 6.13. The number of fused-ring (bicyclic) bond motifs is 9. The van der Waals surface area contributed by atoms with Crippen LogP contribution in [-0.4, -0.2) is 13.7 Å². The van der Waals surface area contributed by atoms with E-state index >= 15 is 0 Å². The summed E-state index contributed by atoms with van der Waals surface area (Å²) in [7, 11) is 0. The fraction of sp³-hybridized carbons (Fsp3) is 0. The third-order valence-electron chi connectivity index (χ3n) is 11.3. The van der Waals surface area contributed by atoms with Gasteiger partial charge in [0, 0.05) is 38.6 Å². The largest absolute Gasteiger partial charge is 0.309 e. The van der Waals surface area contributed by atoms with Gasteiger partial charge in [0.25, 0.3) is 0 Å². The summed E-state index contributed by atoms with van der Waals surface area (Å²) < 4.78 is 6.79. The van der Waals surface area contributed by atoms with E-state index in [1.807, 2.05) is 54.6 Å². The number of nitriles is 1. The van der Waals surface area contributed by atoms with Gasteiger partial charge < -0.3 is 13.7 Å². The van der Waals surface area contributed by atoms with Crippen LogP contribution in [0.2, 0.25) is 0 Å². The van der Waals surface area contributed by atoms with Gasteiger partial charge in [-0.2, -0.15) is 5.26 Å². The standard InChI is InChI=1S/C51H28N6/c1-53-34-18-23-49-43(28-34)44-29-35(54-2)19-24-50(44)56(49)37-20-22-39(33(27-37)31-52)32-10-9-11-36(26-32)55-48-17-8-5-14-42(48)45-30-38(21-25-51(45)55)57-46-15-6-3-12-40(46)41-13-4-7-16-47(41)57/h3-30H. The molecule has 3 heterocycles. The van der Waals surface area contributed by atoms with Crippen LogP contribution in [0.4, 0.5) is 11.4 Å². The average molecular weight is 725 g/mol. The van der Waals surface area contributed by atoms with E-state index in [9.17, 15) is 5.26 Å². The Morgan fingerprint density at radius 2 is 0.825 bits per heavy atom. The maximum atomic E-state index is 10.6. The molecule has 0 aliphatic heterocycles. The predicted octanol–water partition coefficient (Wildman–Crippen LogP) is 13.6. The van der Waals surface area contributed by atoms with Crippen LogP contribution < -0.4 is 0 Å². The van der Waals surface area contributed by atoms with E-state index < -0.39 is 0 Å². The fourth-order valence-electron chi connectivity index (χ4n) is 8.82. The molecule has 0 radical (unpaired) electrons. The van der Waals surface area contributed by atoms with Gasteiger partial charge in [-0.05, 0) is 107 Å². The van der Waals surface area contributed by atoms with Crippen molar-refractivity contribution in [2.75, 3.05) is 0 Å². The molecule has 0 aliphatic carbocycles. The van der Waals surface area contributed by atoms with E-state index in [1.54, 1.807) is 0 Å². The van der Waals surface area contributed by atoms with Gasteiger partial charge in [-0.15, -0.1) is 0 Å². The predicted molar refractivity (Wildman–Crippen MR) is 232 cm³/mol. The summed E-state index contributed by atoms with van der Waals surface area (Å²) in [5.41, 5.74) is 12.7. The zero-order valence-electron chi connectivity index (χ0n) is 30.3. The zero-order valence-corrected chi connectivity index (χ0v) is 30.3. The number of hydrogen-bond acceptors (Lipinski definition) is 1.